The number of carbonyl (C=O) groups is 2. The van der Waals surface area contributed by atoms with Crippen LogP contribution in [0.2, 0.25) is 0 Å². The zero-order chi connectivity index (χ0) is 46.6. The standard InChI is InChI=1S/C59H102N2O6/c1-43(62)66-56-34-24-48(25-35-56)59(2,3)49-26-36-57(37-27-49)67-58(63)65-41-39-45-12-11-17-55(42-45)61(51-15-9-6-10-16-51)54-32-22-47(23-33-54)46-20-30-53(31-21-46)60(50-13-7-5-8-14-50)52-28-18-44(19-29-52)38-40-64-4/h44-57H,5-42H2,1-4H3. The number of esters is 1. The van der Waals surface area contributed by atoms with Crippen molar-refractivity contribution in [3.8, 4) is 0 Å². The fourth-order valence-electron chi connectivity index (χ4n) is 17.0. The molecule has 8 aliphatic carbocycles. The molecule has 0 aromatic carbocycles. The van der Waals surface area contributed by atoms with Crippen molar-refractivity contribution in [3.63, 3.8) is 0 Å². The van der Waals surface area contributed by atoms with E-state index in [9.17, 15) is 9.59 Å². The number of methoxy groups -OCH3 is 1. The first-order chi connectivity index (χ1) is 32.6. The van der Waals surface area contributed by atoms with E-state index in [2.05, 4.69) is 23.6 Å². The summed E-state index contributed by atoms with van der Waals surface area (Å²) in [5, 5.41) is 0. The molecule has 0 spiro atoms. The van der Waals surface area contributed by atoms with E-state index in [1.807, 2.05) is 7.11 Å². The molecule has 0 bridgehead atoms. The van der Waals surface area contributed by atoms with E-state index in [0.29, 0.717) is 30.4 Å². The van der Waals surface area contributed by atoms with Crippen molar-refractivity contribution in [3.05, 3.63) is 0 Å². The third-order valence-corrected chi connectivity index (χ3v) is 20.9. The second kappa shape index (κ2) is 25.8. The first-order valence-electron chi connectivity index (χ1n) is 29.7. The Kier molecular flexibility index (Phi) is 20.0. The van der Waals surface area contributed by atoms with Gasteiger partial charge in [-0.25, -0.2) is 4.79 Å². The van der Waals surface area contributed by atoms with Crippen LogP contribution >= 0.6 is 0 Å². The normalized spacial score (nSPS) is 36.7. The Bertz CT molecular complexity index is 1440. The quantitative estimate of drug-likeness (QED) is 0.134. The molecule has 0 aromatic heterocycles. The summed E-state index contributed by atoms with van der Waals surface area (Å²) in [6.07, 6.45) is 47.2. The molecule has 8 rings (SSSR count). The average molecular weight is 935 g/mol. The summed E-state index contributed by atoms with van der Waals surface area (Å²) in [7, 11) is 1.87. The highest BCUT2D eigenvalue weighted by Crippen LogP contribution is 2.50. The number of carbonyl (C=O) groups excluding carboxylic acids is 2. The van der Waals surface area contributed by atoms with E-state index in [0.717, 1.165) is 112 Å². The minimum atomic E-state index is -0.439. The first-order valence-corrected chi connectivity index (χ1v) is 29.7. The highest BCUT2D eigenvalue weighted by atomic mass is 16.7. The van der Waals surface area contributed by atoms with Crippen LogP contribution in [0.25, 0.3) is 0 Å². The van der Waals surface area contributed by atoms with Crippen molar-refractivity contribution in [2.24, 2.45) is 40.9 Å². The van der Waals surface area contributed by atoms with Crippen LogP contribution in [0.1, 0.15) is 252 Å². The molecule has 8 nitrogen and oxygen atoms in total. The maximum atomic E-state index is 13.0. The maximum Gasteiger partial charge on any atom is 0.508 e. The van der Waals surface area contributed by atoms with Gasteiger partial charge < -0.3 is 18.9 Å². The Balaban J connectivity index is 0.761. The third kappa shape index (κ3) is 14.4. The van der Waals surface area contributed by atoms with Gasteiger partial charge in [0.1, 0.15) is 12.2 Å². The molecule has 0 saturated heterocycles. The van der Waals surface area contributed by atoms with Crippen LogP contribution in [0.5, 0.6) is 0 Å². The van der Waals surface area contributed by atoms with Gasteiger partial charge in [-0.2, -0.15) is 0 Å². The summed E-state index contributed by atoms with van der Waals surface area (Å²) in [5.74, 6) is 4.59. The highest BCUT2D eigenvalue weighted by Gasteiger charge is 2.44. The number of nitrogens with zero attached hydrogens (tertiary/aromatic N) is 2. The van der Waals surface area contributed by atoms with E-state index < -0.39 is 6.16 Å². The van der Waals surface area contributed by atoms with E-state index in [1.54, 1.807) is 0 Å². The minimum absolute atomic E-state index is 0.0179. The van der Waals surface area contributed by atoms with Gasteiger partial charge in [0.25, 0.3) is 0 Å². The lowest BCUT2D eigenvalue weighted by Gasteiger charge is -2.51. The van der Waals surface area contributed by atoms with Crippen molar-refractivity contribution in [1.82, 2.24) is 9.80 Å². The largest absolute Gasteiger partial charge is 0.508 e. The second-order valence-corrected chi connectivity index (χ2v) is 25.1. The molecule has 67 heavy (non-hydrogen) atoms. The SMILES string of the molecule is COCCC1CCC(N(C2CCCCC2)C2CCC(C3CCC(N(C4CCCCC4)C4CCCC(CCOC(=O)OC5CCC(C(C)(C)C6CCC(OC(C)=O)CC6)CC5)C4)CC3)CC2)CC1. The highest BCUT2D eigenvalue weighted by molar-refractivity contribution is 5.66. The predicted molar refractivity (Wildman–Crippen MR) is 271 cm³/mol. The molecule has 2 unspecified atom stereocenters. The molecule has 0 aromatic rings. The molecule has 8 fully saturated rings. The monoisotopic (exact) mass is 935 g/mol. The van der Waals surface area contributed by atoms with E-state index in [1.165, 1.54) is 180 Å². The number of rotatable bonds is 17. The molecule has 8 aliphatic rings. The molecule has 0 radical (unpaired) electrons. The number of hydrogen-bond donors (Lipinski definition) is 0. The van der Waals surface area contributed by atoms with Gasteiger partial charge in [-0.3, -0.25) is 14.6 Å². The van der Waals surface area contributed by atoms with Gasteiger partial charge in [0.2, 0.25) is 0 Å². The van der Waals surface area contributed by atoms with Crippen molar-refractivity contribution in [2.45, 2.75) is 300 Å². The minimum Gasteiger partial charge on any atom is -0.463 e. The van der Waals surface area contributed by atoms with Gasteiger partial charge in [-0.1, -0.05) is 65.2 Å². The molecule has 0 aliphatic heterocycles. The van der Waals surface area contributed by atoms with Gasteiger partial charge in [0.05, 0.1) is 6.61 Å². The fourth-order valence-corrected chi connectivity index (χ4v) is 17.0. The lowest BCUT2D eigenvalue weighted by molar-refractivity contribution is -0.148. The summed E-state index contributed by atoms with van der Waals surface area (Å²) in [6, 6.07) is 4.80. The van der Waals surface area contributed by atoms with Gasteiger partial charge in [0, 0.05) is 56.9 Å². The Morgan fingerprint density at radius 2 is 0.881 bits per heavy atom. The maximum absolute atomic E-state index is 13.0. The van der Waals surface area contributed by atoms with Crippen molar-refractivity contribution < 1.29 is 28.5 Å². The molecule has 8 heteroatoms. The van der Waals surface area contributed by atoms with Crippen molar-refractivity contribution in [1.29, 1.82) is 0 Å². The lowest BCUT2D eigenvalue weighted by Crippen LogP contribution is -2.53. The van der Waals surface area contributed by atoms with Gasteiger partial charge in [0.15, 0.2) is 0 Å². The first kappa shape index (κ1) is 52.0. The van der Waals surface area contributed by atoms with E-state index >= 15 is 0 Å². The van der Waals surface area contributed by atoms with Crippen molar-refractivity contribution in [2.75, 3.05) is 20.3 Å². The van der Waals surface area contributed by atoms with E-state index in [4.69, 9.17) is 18.9 Å². The molecule has 8 saturated carbocycles. The zero-order valence-electron chi connectivity index (χ0n) is 43.8. The summed E-state index contributed by atoms with van der Waals surface area (Å²) in [4.78, 5) is 30.8. The number of ether oxygens (including phenoxy) is 4. The van der Waals surface area contributed by atoms with Crippen LogP contribution in [0.15, 0.2) is 0 Å². The number of hydrogen-bond acceptors (Lipinski definition) is 8. The average Bonchev–Trinajstić information content (AvgIpc) is 3.35. The van der Waals surface area contributed by atoms with Crippen LogP contribution in [-0.2, 0) is 23.7 Å². The van der Waals surface area contributed by atoms with E-state index in [-0.39, 0.29) is 23.6 Å². The smallest absolute Gasteiger partial charge is 0.463 e. The third-order valence-electron chi connectivity index (χ3n) is 20.9. The Hall–Kier alpha value is -1.38. The predicted octanol–water partition coefficient (Wildman–Crippen LogP) is 14.8. The van der Waals surface area contributed by atoms with Crippen LogP contribution in [-0.4, -0.2) is 90.7 Å². The summed E-state index contributed by atoms with van der Waals surface area (Å²) in [6.45, 7) is 7.87. The van der Waals surface area contributed by atoms with Crippen LogP contribution in [0, 0.1) is 40.9 Å². The topological polar surface area (TPSA) is 77.5 Å². The van der Waals surface area contributed by atoms with Crippen LogP contribution in [0.4, 0.5) is 4.79 Å². The molecule has 0 amide bonds. The summed E-state index contributed by atoms with van der Waals surface area (Å²) < 4.78 is 22.8. The summed E-state index contributed by atoms with van der Waals surface area (Å²) >= 11 is 0. The molecular weight excluding hydrogens is 833 g/mol. The second-order valence-electron chi connectivity index (χ2n) is 25.1. The van der Waals surface area contributed by atoms with Gasteiger partial charge >= 0.3 is 12.1 Å². The Morgan fingerprint density at radius 1 is 0.448 bits per heavy atom. The van der Waals surface area contributed by atoms with Gasteiger partial charge in [-0.05, 0) is 221 Å². The molecule has 384 valence electrons. The molecular formula is C59H102N2O6. The Morgan fingerprint density at radius 3 is 1.37 bits per heavy atom. The lowest BCUT2D eigenvalue weighted by atomic mass is 9.60. The fraction of sp³-hybridized carbons (Fsp3) is 0.966. The van der Waals surface area contributed by atoms with Gasteiger partial charge in [-0.15, -0.1) is 0 Å². The molecule has 2 atom stereocenters. The molecule has 0 heterocycles. The van der Waals surface area contributed by atoms with Crippen LogP contribution < -0.4 is 0 Å². The summed E-state index contributed by atoms with van der Waals surface area (Å²) in [5.41, 5.74) is 0.247. The van der Waals surface area contributed by atoms with Crippen LogP contribution in [0.3, 0.4) is 0 Å². The van der Waals surface area contributed by atoms with Crippen molar-refractivity contribution >= 4 is 12.1 Å². The Labute approximate surface area is 410 Å². The zero-order valence-corrected chi connectivity index (χ0v) is 43.8. The molecule has 0 N–H and O–H groups in total.